The van der Waals surface area contributed by atoms with Crippen LogP contribution < -0.4 is 14.4 Å². The highest BCUT2D eigenvalue weighted by Gasteiger charge is 2.33. The fourth-order valence-corrected chi connectivity index (χ4v) is 5.71. The second kappa shape index (κ2) is 14.5. The highest BCUT2D eigenvalue weighted by Crippen LogP contribution is 2.33. The Bertz CT molecular complexity index is 1380. The Morgan fingerprint density at radius 2 is 1.57 bits per heavy atom. The molecule has 0 heterocycles. The zero-order valence-corrected chi connectivity index (χ0v) is 24.5. The second-order valence-electron chi connectivity index (χ2n) is 9.49. The summed E-state index contributed by atoms with van der Waals surface area (Å²) >= 11 is 0. The molecule has 9 heteroatoms. The molecule has 40 heavy (non-hydrogen) atoms. The van der Waals surface area contributed by atoms with Crippen molar-refractivity contribution >= 4 is 27.5 Å². The first-order valence-corrected chi connectivity index (χ1v) is 15.1. The Morgan fingerprint density at radius 1 is 0.925 bits per heavy atom. The predicted octanol–water partition coefficient (Wildman–Crippen LogP) is 4.92. The summed E-state index contributed by atoms with van der Waals surface area (Å²) in [5.41, 5.74) is 2.09. The van der Waals surface area contributed by atoms with Gasteiger partial charge in [-0.2, -0.15) is 0 Å². The number of rotatable bonds is 14. The summed E-state index contributed by atoms with van der Waals surface area (Å²) in [6.07, 6.45) is 1.74. The van der Waals surface area contributed by atoms with Gasteiger partial charge < -0.3 is 15.0 Å². The van der Waals surface area contributed by atoms with Gasteiger partial charge in [0.1, 0.15) is 18.3 Å². The van der Waals surface area contributed by atoms with Gasteiger partial charge in [0.2, 0.25) is 11.8 Å². The standard InChI is InChI=1S/C31H39N3O5S/c1-5-7-21-32-31(36)25(4)33(22-26-16-12-11-15-24(26)3)30(35)23-34(28-19-13-14-20-29(28)39-6-2)40(37,38)27-17-9-8-10-18-27/h8-20,25H,5-7,21-23H2,1-4H3,(H,32,36)/t25-/m0/s1. The average molecular weight is 566 g/mol. The molecule has 2 amide bonds. The molecule has 0 bridgehead atoms. The second-order valence-corrected chi connectivity index (χ2v) is 11.4. The van der Waals surface area contributed by atoms with Gasteiger partial charge in [-0.1, -0.05) is 67.9 Å². The van der Waals surface area contributed by atoms with Crippen LogP contribution in [0, 0.1) is 6.92 Å². The van der Waals surface area contributed by atoms with Crippen molar-refractivity contribution in [2.45, 2.75) is 58.0 Å². The number of sulfonamides is 1. The summed E-state index contributed by atoms with van der Waals surface area (Å²) in [5.74, 6) is -0.456. The minimum atomic E-state index is -4.16. The van der Waals surface area contributed by atoms with E-state index in [1.54, 1.807) is 56.3 Å². The molecule has 0 radical (unpaired) electrons. The molecular formula is C31H39N3O5S. The fourth-order valence-electron chi connectivity index (χ4n) is 4.26. The Labute approximate surface area is 238 Å². The first-order chi connectivity index (χ1) is 19.2. The SMILES string of the molecule is CCCCNC(=O)[C@H](C)N(Cc1ccccc1C)C(=O)CN(c1ccccc1OCC)S(=O)(=O)c1ccccc1. The molecule has 0 saturated carbocycles. The molecule has 1 atom stereocenters. The Kier molecular flexibility index (Phi) is 11.1. The molecule has 0 aromatic heterocycles. The lowest BCUT2D eigenvalue weighted by molar-refractivity contribution is -0.139. The van der Waals surface area contributed by atoms with Crippen molar-refractivity contribution < 1.29 is 22.7 Å². The van der Waals surface area contributed by atoms with Crippen LogP contribution in [0.3, 0.4) is 0 Å². The van der Waals surface area contributed by atoms with Gasteiger partial charge in [-0.15, -0.1) is 0 Å². The topological polar surface area (TPSA) is 96.0 Å². The summed E-state index contributed by atoms with van der Waals surface area (Å²) < 4.78 is 34.7. The van der Waals surface area contributed by atoms with Crippen LogP contribution >= 0.6 is 0 Å². The summed E-state index contributed by atoms with van der Waals surface area (Å²) in [5, 5.41) is 2.90. The van der Waals surface area contributed by atoms with Gasteiger partial charge in [-0.25, -0.2) is 8.42 Å². The monoisotopic (exact) mass is 565 g/mol. The minimum Gasteiger partial charge on any atom is -0.492 e. The molecule has 0 unspecified atom stereocenters. The van der Waals surface area contributed by atoms with E-state index in [1.807, 2.05) is 38.1 Å². The van der Waals surface area contributed by atoms with Crippen molar-refractivity contribution in [3.05, 3.63) is 90.0 Å². The number of ether oxygens (including phenoxy) is 1. The van der Waals surface area contributed by atoms with Crippen LogP contribution in [-0.4, -0.2) is 50.9 Å². The van der Waals surface area contributed by atoms with E-state index >= 15 is 0 Å². The van der Waals surface area contributed by atoms with Gasteiger partial charge in [0.05, 0.1) is 17.2 Å². The molecule has 0 aliphatic carbocycles. The van der Waals surface area contributed by atoms with E-state index < -0.39 is 28.5 Å². The molecule has 3 aromatic rings. The molecule has 3 aromatic carbocycles. The van der Waals surface area contributed by atoms with E-state index in [0.717, 1.165) is 28.3 Å². The van der Waals surface area contributed by atoms with Crippen LogP contribution in [0.2, 0.25) is 0 Å². The van der Waals surface area contributed by atoms with Crippen molar-refractivity contribution in [1.29, 1.82) is 0 Å². The zero-order chi connectivity index (χ0) is 29.1. The van der Waals surface area contributed by atoms with E-state index in [0.29, 0.717) is 18.9 Å². The quantitative estimate of drug-likeness (QED) is 0.280. The Balaban J connectivity index is 2.05. The maximum absolute atomic E-state index is 14.1. The summed E-state index contributed by atoms with van der Waals surface area (Å²) in [6, 6.07) is 21.5. The van der Waals surface area contributed by atoms with Crippen LogP contribution in [0.4, 0.5) is 5.69 Å². The van der Waals surface area contributed by atoms with E-state index in [4.69, 9.17) is 4.74 Å². The average Bonchev–Trinajstić information content (AvgIpc) is 2.96. The third-order valence-corrected chi connectivity index (χ3v) is 8.42. The smallest absolute Gasteiger partial charge is 0.264 e. The number of unbranched alkanes of at least 4 members (excludes halogenated alkanes) is 1. The number of carbonyl (C=O) groups is 2. The number of hydrogen-bond acceptors (Lipinski definition) is 5. The minimum absolute atomic E-state index is 0.0462. The summed E-state index contributed by atoms with van der Waals surface area (Å²) in [7, 11) is -4.16. The zero-order valence-electron chi connectivity index (χ0n) is 23.7. The van der Waals surface area contributed by atoms with Gasteiger partial charge in [-0.05, 0) is 62.6 Å². The largest absolute Gasteiger partial charge is 0.492 e. The van der Waals surface area contributed by atoms with Gasteiger partial charge in [0, 0.05) is 13.1 Å². The predicted molar refractivity (Wildman–Crippen MR) is 158 cm³/mol. The third-order valence-electron chi connectivity index (χ3n) is 6.64. The highest BCUT2D eigenvalue weighted by molar-refractivity contribution is 7.92. The maximum atomic E-state index is 14.1. The number of para-hydroxylation sites is 2. The molecule has 0 aliphatic rings. The molecule has 0 aliphatic heterocycles. The van der Waals surface area contributed by atoms with Crippen LogP contribution in [0.25, 0.3) is 0 Å². The van der Waals surface area contributed by atoms with Crippen LogP contribution in [0.15, 0.2) is 83.8 Å². The number of amides is 2. The molecule has 3 rings (SSSR count). The molecule has 214 valence electrons. The van der Waals surface area contributed by atoms with Crippen molar-refractivity contribution in [2.24, 2.45) is 0 Å². The van der Waals surface area contributed by atoms with Crippen molar-refractivity contribution in [3.8, 4) is 5.75 Å². The number of benzene rings is 3. The summed E-state index contributed by atoms with van der Waals surface area (Å²) in [6.45, 7) is 7.91. The van der Waals surface area contributed by atoms with E-state index in [1.165, 1.54) is 17.0 Å². The summed E-state index contributed by atoms with van der Waals surface area (Å²) in [4.78, 5) is 28.7. The van der Waals surface area contributed by atoms with Crippen LogP contribution in [0.1, 0.15) is 44.7 Å². The number of hydrogen-bond donors (Lipinski definition) is 1. The molecule has 0 spiro atoms. The van der Waals surface area contributed by atoms with E-state index in [9.17, 15) is 18.0 Å². The van der Waals surface area contributed by atoms with Crippen molar-refractivity contribution in [3.63, 3.8) is 0 Å². The van der Waals surface area contributed by atoms with Crippen LogP contribution in [-0.2, 0) is 26.2 Å². The number of aryl methyl sites for hydroxylation is 1. The lowest BCUT2D eigenvalue weighted by Gasteiger charge is -2.32. The molecule has 0 fully saturated rings. The molecule has 0 saturated heterocycles. The van der Waals surface area contributed by atoms with Crippen molar-refractivity contribution in [1.82, 2.24) is 10.2 Å². The van der Waals surface area contributed by atoms with Crippen LogP contribution in [0.5, 0.6) is 5.75 Å². The lowest BCUT2D eigenvalue weighted by Crippen LogP contribution is -2.51. The fraction of sp³-hybridized carbons (Fsp3) is 0.355. The third kappa shape index (κ3) is 7.63. The van der Waals surface area contributed by atoms with E-state index in [2.05, 4.69) is 5.32 Å². The first-order valence-electron chi connectivity index (χ1n) is 13.6. The van der Waals surface area contributed by atoms with Gasteiger partial charge in [0.25, 0.3) is 10.0 Å². The number of carbonyl (C=O) groups excluding carboxylic acids is 2. The maximum Gasteiger partial charge on any atom is 0.264 e. The number of anilines is 1. The normalized spacial score (nSPS) is 11.9. The number of nitrogens with one attached hydrogen (secondary N) is 1. The Morgan fingerprint density at radius 3 is 2.25 bits per heavy atom. The first kappa shape index (κ1) is 30.7. The van der Waals surface area contributed by atoms with Crippen molar-refractivity contribution in [2.75, 3.05) is 24.0 Å². The molecule has 8 nitrogen and oxygen atoms in total. The Hall–Kier alpha value is -3.85. The molecular weight excluding hydrogens is 526 g/mol. The van der Waals surface area contributed by atoms with Gasteiger partial charge >= 0.3 is 0 Å². The molecule has 1 N–H and O–H groups in total. The van der Waals surface area contributed by atoms with Gasteiger partial charge in [-0.3, -0.25) is 13.9 Å². The van der Waals surface area contributed by atoms with E-state index in [-0.39, 0.29) is 23.0 Å². The highest BCUT2D eigenvalue weighted by atomic mass is 32.2. The lowest BCUT2D eigenvalue weighted by atomic mass is 10.1. The number of nitrogens with zero attached hydrogens (tertiary/aromatic N) is 2. The van der Waals surface area contributed by atoms with Gasteiger partial charge in [0.15, 0.2) is 0 Å².